The minimum Gasteiger partial charge on any atom is -0.321 e. The normalized spacial score (nSPS) is 13.1. The predicted molar refractivity (Wildman–Crippen MR) is 397 cm³/mol. The van der Waals surface area contributed by atoms with Crippen LogP contribution in [0.25, 0.3) is 66.8 Å². The van der Waals surface area contributed by atoms with E-state index in [1.54, 1.807) is 0 Å². The SMILES string of the molecule is CC(C)(C)c1cc(-c2ccccc2)cc(-c2cccc(-c3cc(-c4ccccc4)cc(C(C)(C)C)c3)c2N2CN(c3cc(N(c4ccccc4)c4ccc5c(c4)N(c4cc(C(C)(C)C)ccn4)c4ccccc4-c4ccccc4-5)cc(C(C)(C)C)c3)c3ccccc32)c1. The molecule has 5 nitrogen and oxygen atoms in total. The molecule has 14 rings (SSSR count). The van der Waals surface area contributed by atoms with E-state index in [-0.39, 0.29) is 21.7 Å². The van der Waals surface area contributed by atoms with Crippen LogP contribution in [-0.2, 0) is 21.7 Å². The van der Waals surface area contributed by atoms with Crippen LogP contribution >= 0.6 is 0 Å². The van der Waals surface area contributed by atoms with E-state index in [0.717, 1.165) is 62.4 Å². The van der Waals surface area contributed by atoms with Crippen molar-refractivity contribution >= 4 is 57.0 Å². The van der Waals surface area contributed by atoms with Crippen molar-refractivity contribution in [1.82, 2.24) is 4.98 Å². The number of anilines is 10. The summed E-state index contributed by atoms with van der Waals surface area (Å²) >= 11 is 0. The monoisotopic (exact) mass is 1210 g/mol. The molecular weight excluding hydrogens is 1130 g/mol. The number of hydrogen-bond donors (Lipinski definition) is 0. The van der Waals surface area contributed by atoms with Crippen molar-refractivity contribution in [2.45, 2.75) is 105 Å². The highest BCUT2D eigenvalue weighted by molar-refractivity contribution is 6.04. The smallest absolute Gasteiger partial charge is 0.137 e. The molecular formula is C88H83N5. The van der Waals surface area contributed by atoms with E-state index in [9.17, 15) is 0 Å². The Labute approximate surface area is 552 Å². The van der Waals surface area contributed by atoms with Gasteiger partial charge in [-0.05, 0) is 173 Å². The number of para-hydroxylation sites is 5. The first-order valence-corrected chi connectivity index (χ1v) is 32.9. The lowest BCUT2D eigenvalue weighted by molar-refractivity contribution is 0.589. The molecule has 12 aromatic rings. The second-order valence-electron chi connectivity index (χ2n) is 29.4. The van der Waals surface area contributed by atoms with E-state index in [1.807, 2.05) is 6.20 Å². The molecule has 460 valence electrons. The van der Waals surface area contributed by atoms with Crippen LogP contribution in [0.5, 0.6) is 0 Å². The first-order valence-electron chi connectivity index (χ1n) is 32.9. The number of pyridine rings is 1. The molecule has 0 amide bonds. The molecule has 11 aromatic carbocycles. The van der Waals surface area contributed by atoms with E-state index in [0.29, 0.717) is 6.67 Å². The zero-order valence-electron chi connectivity index (χ0n) is 55.9. The Morgan fingerprint density at radius 2 is 0.742 bits per heavy atom. The molecule has 5 heteroatoms. The summed E-state index contributed by atoms with van der Waals surface area (Å²) < 4.78 is 0. The number of hydrogen-bond acceptors (Lipinski definition) is 5. The van der Waals surface area contributed by atoms with Crippen molar-refractivity contribution in [2.24, 2.45) is 0 Å². The predicted octanol–water partition coefficient (Wildman–Crippen LogP) is 24.8. The fourth-order valence-electron chi connectivity index (χ4n) is 13.6. The topological polar surface area (TPSA) is 25.9 Å². The molecule has 3 heterocycles. The van der Waals surface area contributed by atoms with Crippen molar-refractivity contribution in [3.05, 3.63) is 295 Å². The summed E-state index contributed by atoms with van der Waals surface area (Å²) in [6.07, 6.45) is 1.98. The van der Waals surface area contributed by atoms with Crippen LogP contribution in [0.15, 0.2) is 273 Å². The van der Waals surface area contributed by atoms with Gasteiger partial charge in [0, 0.05) is 51.2 Å². The van der Waals surface area contributed by atoms with Crippen molar-refractivity contribution in [2.75, 3.05) is 26.3 Å². The molecule has 0 saturated carbocycles. The molecule has 0 atom stereocenters. The number of benzene rings is 11. The first-order chi connectivity index (χ1) is 44.6. The molecule has 2 aliphatic heterocycles. The molecule has 0 radical (unpaired) electrons. The Hall–Kier alpha value is -10.2. The van der Waals surface area contributed by atoms with Gasteiger partial charge in [0.1, 0.15) is 12.5 Å². The van der Waals surface area contributed by atoms with Crippen molar-refractivity contribution in [3.63, 3.8) is 0 Å². The first kappa shape index (κ1) is 60.3. The van der Waals surface area contributed by atoms with Crippen LogP contribution in [-0.4, -0.2) is 11.7 Å². The molecule has 1 aromatic heterocycles. The fourth-order valence-corrected chi connectivity index (χ4v) is 13.6. The number of aromatic nitrogens is 1. The van der Waals surface area contributed by atoms with Crippen molar-refractivity contribution in [3.8, 4) is 66.8 Å². The molecule has 2 aliphatic rings. The van der Waals surface area contributed by atoms with Gasteiger partial charge in [0.25, 0.3) is 0 Å². The number of rotatable bonds is 10. The average molecular weight is 1210 g/mol. The lowest BCUT2D eigenvalue weighted by Crippen LogP contribution is -2.26. The quantitative estimate of drug-likeness (QED) is 0.136. The second kappa shape index (κ2) is 23.5. The van der Waals surface area contributed by atoms with E-state index < -0.39 is 0 Å². The Morgan fingerprint density at radius 3 is 1.29 bits per heavy atom. The highest BCUT2D eigenvalue weighted by atomic mass is 15.4. The van der Waals surface area contributed by atoms with E-state index in [2.05, 4.69) is 370 Å². The van der Waals surface area contributed by atoms with Crippen LogP contribution in [0.2, 0.25) is 0 Å². The molecule has 0 fully saturated rings. The summed E-state index contributed by atoms with van der Waals surface area (Å²) in [6.45, 7) is 28.4. The minimum absolute atomic E-state index is 0.0928. The zero-order chi connectivity index (χ0) is 64.6. The Kier molecular flexibility index (Phi) is 15.2. The third-order valence-electron chi connectivity index (χ3n) is 18.8. The van der Waals surface area contributed by atoms with Gasteiger partial charge in [0.15, 0.2) is 0 Å². The molecule has 0 N–H and O–H groups in total. The maximum absolute atomic E-state index is 5.22. The lowest BCUT2D eigenvalue weighted by Gasteiger charge is -2.33. The fraction of sp³-hybridized carbons (Fsp3) is 0.193. The molecule has 93 heavy (non-hydrogen) atoms. The molecule has 0 saturated heterocycles. The molecule has 0 bridgehead atoms. The molecule has 0 unspecified atom stereocenters. The van der Waals surface area contributed by atoms with Gasteiger partial charge in [-0.1, -0.05) is 265 Å². The molecule has 0 aliphatic carbocycles. The third kappa shape index (κ3) is 11.6. The Balaban J connectivity index is 0.980. The Bertz CT molecular complexity index is 4650. The van der Waals surface area contributed by atoms with Gasteiger partial charge in [-0.15, -0.1) is 0 Å². The van der Waals surface area contributed by atoms with Crippen LogP contribution < -0.4 is 19.6 Å². The zero-order valence-corrected chi connectivity index (χ0v) is 55.9. The summed E-state index contributed by atoms with van der Waals surface area (Å²) in [7, 11) is 0. The average Bonchev–Trinajstić information content (AvgIpc) is 1.61. The van der Waals surface area contributed by atoms with Gasteiger partial charge in [-0.25, -0.2) is 4.98 Å². The van der Waals surface area contributed by atoms with E-state index >= 15 is 0 Å². The summed E-state index contributed by atoms with van der Waals surface area (Å²) in [5.41, 5.74) is 28.6. The van der Waals surface area contributed by atoms with E-state index in [1.165, 1.54) is 83.6 Å². The minimum atomic E-state index is -0.226. The van der Waals surface area contributed by atoms with Crippen LogP contribution in [0.3, 0.4) is 0 Å². The van der Waals surface area contributed by atoms with Gasteiger partial charge in [0.2, 0.25) is 0 Å². The highest BCUT2D eigenvalue weighted by Gasteiger charge is 2.35. The lowest BCUT2D eigenvalue weighted by atomic mass is 9.81. The van der Waals surface area contributed by atoms with E-state index in [4.69, 9.17) is 4.98 Å². The van der Waals surface area contributed by atoms with Gasteiger partial charge in [0.05, 0.1) is 28.4 Å². The Morgan fingerprint density at radius 1 is 0.290 bits per heavy atom. The standard InChI is InChI=1S/C88H83N5/c1-85(2,3)65-45-46-89-83(55-65)93-79-40-25-24-37-77(79)75-35-22-23-36-76(75)78-44-43-70(57-82(78)93)92(69-33-20-15-21-34-69)72-54-68(88(10,11)12)53-71(56-72)90-58-91(81-42-27-26-41-80(81)90)84-73(63-47-61(59-29-16-13-17-30-59)49-66(51-63)86(4,5)6)38-28-39-74(84)64-48-62(60-31-18-14-19-32-60)50-67(52-64)87(7,8)9/h13-57H,58H2,1-12H3. The van der Waals surface area contributed by atoms with Gasteiger partial charge < -0.3 is 14.7 Å². The summed E-state index contributed by atoms with van der Waals surface area (Å²) in [5, 5.41) is 0. The highest BCUT2D eigenvalue weighted by Crippen LogP contribution is 2.55. The second-order valence-corrected chi connectivity index (χ2v) is 29.4. The van der Waals surface area contributed by atoms with Gasteiger partial charge in [-0.2, -0.15) is 0 Å². The van der Waals surface area contributed by atoms with Crippen LogP contribution in [0.1, 0.15) is 105 Å². The number of nitrogens with zero attached hydrogens (tertiary/aromatic N) is 5. The molecule has 0 spiro atoms. The largest absolute Gasteiger partial charge is 0.321 e. The third-order valence-corrected chi connectivity index (χ3v) is 18.8. The van der Waals surface area contributed by atoms with Crippen LogP contribution in [0.4, 0.5) is 57.0 Å². The maximum Gasteiger partial charge on any atom is 0.137 e. The van der Waals surface area contributed by atoms with Gasteiger partial charge >= 0.3 is 0 Å². The summed E-state index contributed by atoms with van der Waals surface area (Å²) in [6, 6.07) is 99.8. The maximum atomic E-state index is 5.22. The summed E-state index contributed by atoms with van der Waals surface area (Å²) in [5.74, 6) is 0.878. The van der Waals surface area contributed by atoms with Crippen molar-refractivity contribution in [1.29, 1.82) is 0 Å². The van der Waals surface area contributed by atoms with Gasteiger partial charge in [-0.3, -0.25) is 4.90 Å². The van der Waals surface area contributed by atoms with Crippen molar-refractivity contribution < 1.29 is 0 Å². The number of fused-ring (bicyclic) bond motifs is 6. The van der Waals surface area contributed by atoms with Crippen LogP contribution in [0, 0.1) is 0 Å². The summed E-state index contributed by atoms with van der Waals surface area (Å²) in [4.78, 5) is 15.2.